The Morgan fingerprint density at radius 3 is 2.30 bits per heavy atom. The van der Waals surface area contributed by atoms with Crippen molar-refractivity contribution >= 4 is 33.5 Å². The Kier molecular flexibility index (Phi) is 12.3. The van der Waals surface area contributed by atoms with E-state index in [-0.39, 0.29) is 112 Å². The van der Waals surface area contributed by atoms with Crippen molar-refractivity contribution < 1.29 is 98.0 Å². The number of pyridine rings is 1. The second-order valence-electron chi connectivity index (χ2n) is 11.5. The number of hydrogen-bond acceptors (Lipinski definition) is 3. The number of nitrogens with one attached hydrogen (secondary N) is 2. The number of benzene rings is 3. The number of rotatable bonds is 8. The number of aromatic nitrogens is 2. The molecule has 2 aromatic heterocycles. The first-order valence-corrected chi connectivity index (χ1v) is 14.6. The van der Waals surface area contributed by atoms with Crippen LogP contribution in [0.25, 0.3) is 27.7 Å². The van der Waals surface area contributed by atoms with Crippen molar-refractivity contribution in [1.82, 2.24) is 14.9 Å². The van der Waals surface area contributed by atoms with Crippen LogP contribution in [0.2, 0.25) is 0 Å². The Labute approximate surface area is 325 Å². The van der Waals surface area contributed by atoms with Gasteiger partial charge in [-0.25, -0.2) is 4.98 Å². The Hall–Kier alpha value is -1.28. The summed E-state index contributed by atoms with van der Waals surface area (Å²) >= 11 is 0. The minimum absolute atomic E-state index is 0. The fraction of sp³-hybridized carbons (Fsp3) is 0.314. The van der Waals surface area contributed by atoms with Crippen LogP contribution in [0.3, 0.4) is 0 Å². The van der Waals surface area contributed by atoms with Gasteiger partial charge in [0.25, 0.3) is 0 Å². The van der Waals surface area contributed by atoms with Crippen molar-refractivity contribution in [2.75, 3.05) is 6.61 Å². The van der Waals surface area contributed by atoms with Crippen molar-refractivity contribution in [2.45, 2.75) is 58.0 Å². The van der Waals surface area contributed by atoms with Gasteiger partial charge in [-0.1, -0.05) is 79.6 Å². The molecule has 3 aromatic carbocycles. The molecule has 1 fully saturated rings. The van der Waals surface area contributed by atoms with Gasteiger partial charge in [0.15, 0.2) is 0 Å². The average molecular weight is 1000 g/mol. The molecule has 2 radical (unpaired) electrons. The molecule has 0 saturated heterocycles. The van der Waals surface area contributed by atoms with E-state index >= 15 is 0 Å². The summed E-state index contributed by atoms with van der Waals surface area (Å²) in [6, 6.07) is 25.6. The van der Waals surface area contributed by atoms with Crippen LogP contribution in [0.15, 0.2) is 78.9 Å². The molecule has 0 aliphatic heterocycles. The summed E-state index contributed by atoms with van der Waals surface area (Å²) in [7, 11) is 0. The summed E-state index contributed by atoms with van der Waals surface area (Å²) in [5.41, 5.74) is 15.6. The zero-order valence-corrected chi connectivity index (χ0v) is 34.4. The SMILES string of the molecule is Cc1cc(C)c2c3ccccc3n(Cc3ccc(C(C(=O)NC(CO)c4ccc([NH-])cc4)C4CCCC4)cc3)c2n1.[Ac].[Ac]. The zero-order valence-electron chi connectivity index (χ0n) is 24.9. The Balaban J connectivity index is 0.00000212. The largest absolute Gasteiger partial charge is 0.699 e. The molecule has 6 nitrogen and oxygen atoms in total. The van der Waals surface area contributed by atoms with Crippen LogP contribution in [0.5, 0.6) is 0 Å². The molecular formula is C35H37Ac2N4O2-. The molecule has 3 N–H and O–H groups in total. The van der Waals surface area contributed by atoms with E-state index in [4.69, 9.17) is 10.7 Å². The van der Waals surface area contributed by atoms with Crippen molar-refractivity contribution in [3.8, 4) is 0 Å². The number of hydrogen-bond donors (Lipinski definition) is 2. The van der Waals surface area contributed by atoms with Crippen molar-refractivity contribution in [2.24, 2.45) is 5.92 Å². The minimum atomic E-state index is -0.499. The minimum Gasteiger partial charge on any atom is -0.699 e. The third-order valence-electron chi connectivity index (χ3n) is 8.69. The molecule has 2 unspecified atom stereocenters. The van der Waals surface area contributed by atoms with Crippen LogP contribution in [-0.4, -0.2) is 27.2 Å². The van der Waals surface area contributed by atoms with Crippen molar-refractivity contribution in [3.63, 3.8) is 0 Å². The number of aliphatic hydroxyl groups excluding tert-OH is 1. The Bertz CT molecular complexity index is 1690. The number of carbonyl (C=O) groups excluding carboxylic acids is 1. The van der Waals surface area contributed by atoms with E-state index in [0.717, 1.165) is 53.7 Å². The van der Waals surface area contributed by atoms with Gasteiger partial charge in [0.1, 0.15) is 5.65 Å². The van der Waals surface area contributed by atoms with E-state index in [1.807, 2.05) is 6.92 Å². The van der Waals surface area contributed by atoms with E-state index in [0.29, 0.717) is 12.2 Å². The van der Waals surface area contributed by atoms with Gasteiger partial charge in [0.05, 0.1) is 24.1 Å². The summed E-state index contributed by atoms with van der Waals surface area (Å²) in [5, 5.41) is 15.6. The molecule has 216 valence electrons. The maximum Gasteiger partial charge on any atom is 0.228 e. The first-order valence-electron chi connectivity index (χ1n) is 14.6. The topological polar surface area (TPSA) is 91.0 Å². The maximum atomic E-state index is 13.8. The van der Waals surface area contributed by atoms with E-state index in [2.05, 4.69) is 71.4 Å². The number of aryl methyl sites for hydroxylation is 2. The first-order chi connectivity index (χ1) is 19.9. The van der Waals surface area contributed by atoms with Gasteiger partial charge in [0.2, 0.25) is 5.91 Å². The number of fused-ring (bicyclic) bond motifs is 3. The maximum absolute atomic E-state index is 13.8. The molecular weight excluding hydrogens is 962 g/mol. The van der Waals surface area contributed by atoms with E-state index in [9.17, 15) is 9.90 Å². The molecule has 1 amide bonds. The summed E-state index contributed by atoms with van der Waals surface area (Å²) in [6.45, 7) is 4.70. The van der Waals surface area contributed by atoms with Crippen LogP contribution < -0.4 is 5.32 Å². The molecule has 5 aromatic rings. The molecule has 1 saturated carbocycles. The predicted octanol–water partition coefficient (Wildman–Crippen LogP) is 7.66. The van der Waals surface area contributed by atoms with Crippen molar-refractivity contribution in [1.29, 1.82) is 0 Å². The Morgan fingerprint density at radius 1 is 0.977 bits per heavy atom. The van der Waals surface area contributed by atoms with E-state index < -0.39 is 6.04 Å². The van der Waals surface area contributed by atoms with Crippen molar-refractivity contribution in [3.05, 3.63) is 113 Å². The van der Waals surface area contributed by atoms with Gasteiger partial charge in [-0.15, -0.1) is 5.69 Å². The second kappa shape index (κ2) is 15.3. The van der Waals surface area contributed by atoms with Crippen LogP contribution in [0.4, 0.5) is 5.69 Å². The normalized spacial score (nSPS) is 14.7. The molecule has 6 rings (SSSR count). The number of amides is 1. The van der Waals surface area contributed by atoms with E-state index in [1.54, 1.807) is 24.3 Å². The Morgan fingerprint density at radius 2 is 1.63 bits per heavy atom. The number of para-hydroxylation sites is 1. The molecule has 0 bridgehead atoms. The van der Waals surface area contributed by atoms with Gasteiger partial charge >= 0.3 is 0 Å². The zero-order chi connectivity index (χ0) is 28.5. The fourth-order valence-corrected chi connectivity index (χ4v) is 6.69. The van der Waals surface area contributed by atoms with E-state index in [1.165, 1.54) is 21.9 Å². The summed E-state index contributed by atoms with van der Waals surface area (Å²) in [4.78, 5) is 18.7. The third kappa shape index (κ3) is 7.42. The quantitative estimate of drug-likeness (QED) is 0.168. The molecule has 1 aliphatic carbocycles. The monoisotopic (exact) mass is 999 g/mol. The average Bonchev–Trinajstić information content (AvgIpc) is 3.60. The molecule has 8 heteroatoms. The standard InChI is InChI=1S/C35H37N4O2.2Ac/c1-22-19-23(2)37-34-32(22)29-9-5-6-10-31(29)39(34)20-24-11-13-27(14-12-24)33(26-7-3-4-8-26)35(41)38-30(21-40)25-15-17-28(36)18-16-25;;/h5-6,9-19,26,30,33,36,40H,3-4,7-8,20-21H2,1-2H3,(H,38,41);;/q-1;;. The summed E-state index contributed by atoms with van der Waals surface area (Å²) in [5.74, 6) is -0.0317. The second-order valence-corrected chi connectivity index (χ2v) is 11.5. The first kappa shape index (κ1) is 34.6. The predicted molar refractivity (Wildman–Crippen MR) is 165 cm³/mol. The third-order valence-corrected chi connectivity index (χ3v) is 8.69. The van der Waals surface area contributed by atoms with Crippen LogP contribution >= 0.6 is 0 Å². The fourth-order valence-electron chi connectivity index (χ4n) is 6.69. The van der Waals surface area contributed by atoms with Gasteiger partial charge in [-0.05, 0) is 67.0 Å². The molecule has 1 aliphatic rings. The van der Waals surface area contributed by atoms with Crippen LogP contribution in [0.1, 0.15) is 65.6 Å². The van der Waals surface area contributed by atoms with Crippen LogP contribution in [-0.2, 0) is 11.3 Å². The number of carbonyl (C=O) groups is 1. The smallest absolute Gasteiger partial charge is 0.228 e. The molecule has 2 heterocycles. The van der Waals surface area contributed by atoms with Gasteiger partial charge in [-0.2, -0.15) is 0 Å². The van der Waals surface area contributed by atoms with Gasteiger partial charge < -0.3 is 20.7 Å². The number of nitrogens with zero attached hydrogens (tertiary/aromatic N) is 2. The van der Waals surface area contributed by atoms with Gasteiger partial charge in [0, 0.05) is 111 Å². The number of aliphatic hydroxyl groups is 1. The van der Waals surface area contributed by atoms with Crippen LogP contribution in [0, 0.1) is 108 Å². The summed E-state index contributed by atoms with van der Waals surface area (Å²) in [6.07, 6.45) is 4.34. The van der Waals surface area contributed by atoms with Gasteiger partial charge in [-0.3, -0.25) is 4.79 Å². The molecule has 43 heavy (non-hydrogen) atoms. The molecule has 2 atom stereocenters. The summed E-state index contributed by atoms with van der Waals surface area (Å²) < 4.78 is 2.30. The molecule has 0 spiro atoms.